The molecule has 0 aliphatic carbocycles. The van der Waals surface area contributed by atoms with Crippen molar-refractivity contribution in [3.63, 3.8) is 0 Å². The Labute approximate surface area is 96.9 Å². The van der Waals surface area contributed by atoms with Crippen LogP contribution in [0.5, 0.6) is 0 Å². The molecule has 88 valence electrons. The molecule has 1 rings (SSSR count). The highest BCUT2D eigenvalue weighted by Gasteiger charge is 2.16. The summed E-state index contributed by atoms with van der Waals surface area (Å²) in [6.07, 6.45) is 1.77. The first-order valence-corrected chi connectivity index (χ1v) is 5.33. The van der Waals surface area contributed by atoms with Crippen molar-refractivity contribution in [1.29, 1.82) is 0 Å². The number of rotatable bonds is 4. The molecular formula is C12H19N3O. The predicted octanol–water partition coefficient (Wildman–Crippen LogP) is 1.16. The summed E-state index contributed by atoms with van der Waals surface area (Å²) in [6, 6.07) is 5.97. The van der Waals surface area contributed by atoms with Crippen LogP contribution in [0, 0.1) is 0 Å². The minimum Gasteiger partial charge on any atom is -0.348 e. The van der Waals surface area contributed by atoms with Crippen LogP contribution in [-0.2, 0) is 4.79 Å². The summed E-state index contributed by atoms with van der Waals surface area (Å²) < 4.78 is 0. The Morgan fingerprint density at radius 3 is 2.56 bits per heavy atom. The Morgan fingerprint density at radius 1 is 1.38 bits per heavy atom. The highest BCUT2D eigenvalue weighted by molar-refractivity contribution is 5.77. The van der Waals surface area contributed by atoms with Crippen molar-refractivity contribution < 1.29 is 4.79 Å². The highest BCUT2D eigenvalue weighted by atomic mass is 16.2. The topological polar surface area (TPSA) is 36.4 Å². The molecule has 4 nitrogen and oxygen atoms in total. The van der Waals surface area contributed by atoms with Crippen LogP contribution in [0.3, 0.4) is 0 Å². The lowest BCUT2D eigenvalue weighted by atomic mass is 10.2. The van der Waals surface area contributed by atoms with Crippen molar-refractivity contribution in [1.82, 2.24) is 14.8 Å². The average molecular weight is 221 g/mol. The van der Waals surface area contributed by atoms with E-state index >= 15 is 0 Å². The molecule has 0 aliphatic heterocycles. The van der Waals surface area contributed by atoms with Crippen LogP contribution in [0.4, 0.5) is 0 Å². The largest absolute Gasteiger partial charge is 0.348 e. The van der Waals surface area contributed by atoms with Gasteiger partial charge in [0.15, 0.2) is 0 Å². The van der Waals surface area contributed by atoms with Crippen LogP contribution in [0.15, 0.2) is 24.4 Å². The van der Waals surface area contributed by atoms with Gasteiger partial charge in [-0.2, -0.15) is 0 Å². The second-order valence-electron chi connectivity index (χ2n) is 4.13. The van der Waals surface area contributed by atoms with Crippen molar-refractivity contribution in [2.24, 2.45) is 0 Å². The molecule has 0 fully saturated rings. The number of hydrogen-bond acceptors (Lipinski definition) is 3. The first-order valence-electron chi connectivity index (χ1n) is 5.33. The number of amides is 1. The third-order valence-electron chi connectivity index (χ3n) is 2.66. The minimum atomic E-state index is 0.102. The van der Waals surface area contributed by atoms with E-state index in [1.54, 1.807) is 25.2 Å². The lowest BCUT2D eigenvalue weighted by molar-refractivity contribution is -0.130. The van der Waals surface area contributed by atoms with Gasteiger partial charge in [0.2, 0.25) is 5.91 Å². The molecule has 4 heteroatoms. The molecule has 0 saturated carbocycles. The quantitative estimate of drug-likeness (QED) is 0.765. The van der Waals surface area contributed by atoms with E-state index in [-0.39, 0.29) is 11.9 Å². The van der Waals surface area contributed by atoms with Crippen LogP contribution in [0.25, 0.3) is 0 Å². The number of likely N-dealkylation sites (N-methyl/N-ethyl adjacent to an activating group) is 2. The first kappa shape index (κ1) is 12.6. The van der Waals surface area contributed by atoms with E-state index < -0.39 is 0 Å². The van der Waals surface area contributed by atoms with Crippen molar-refractivity contribution in [3.05, 3.63) is 30.1 Å². The van der Waals surface area contributed by atoms with E-state index in [4.69, 9.17) is 0 Å². The summed E-state index contributed by atoms with van der Waals surface area (Å²) in [5.41, 5.74) is 0.983. The number of carbonyl (C=O) groups excluding carboxylic acids is 1. The van der Waals surface area contributed by atoms with E-state index in [2.05, 4.69) is 4.98 Å². The van der Waals surface area contributed by atoms with Gasteiger partial charge < -0.3 is 4.90 Å². The third-order valence-corrected chi connectivity index (χ3v) is 2.66. The molecule has 0 unspecified atom stereocenters. The lowest BCUT2D eigenvalue weighted by Gasteiger charge is -2.24. The molecule has 0 N–H and O–H groups in total. The molecule has 0 spiro atoms. The fourth-order valence-corrected chi connectivity index (χ4v) is 1.34. The molecule has 1 aromatic heterocycles. The molecule has 1 aromatic rings. The number of aromatic nitrogens is 1. The van der Waals surface area contributed by atoms with Gasteiger partial charge in [0.1, 0.15) is 0 Å². The number of pyridine rings is 1. The zero-order valence-electron chi connectivity index (χ0n) is 10.3. The first-order chi connectivity index (χ1) is 7.52. The molecule has 0 radical (unpaired) electrons. The smallest absolute Gasteiger partial charge is 0.236 e. The highest BCUT2D eigenvalue weighted by Crippen LogP contribution is 2.15. The number of carbonyl (C=O) groups is 1. The van der Waals surface area contributed by atoms with Crippen LogP contribution in [0.1, 0.15) is 18.7 Å². The molecular weight excluding hydrogens is 202 g/mol. The third kappa shape index (κ3) is 3.31. The maximum Gasteiger partial charge on any atom is 0.236 e. The molecule has 1 heterocycles. The zero-order valence-corrected chi connectivity index (χ0v) is 10.3. The summed E-state index contributed by atoms with van der Waals surface area (Å²) in [5.74, 6) is 0.102. The molecule has 0 aromatic carbocycles. The Kier molecular flexibility index (Phi) is 4.43. The van der Waals surface area contributed by atoms with E-state index in [0.717, 1.165) is 5.69 Å². The summed E-state index contributed by atoms with van der Waals surface area (Å²) >= 11 is 0. The van der Waals surface area contributed by atoms with Gasteiger partial charge >= 0.3 is 0 Å². The SMILES string of the molecule is C[C@H](c1ccccn1)N(C)CC(=O)N(C)C. The van der Waals surface area contributed by atoms with Gasteiger partial charge in [-0.05, 0) is 26.1 Å². The maximum absolute atomic E-state index is 11.6. The van der Waals surface area contributed by atoms with Gasteiger partial charge in [0.05, 0.1) is 12.2 Å². The second-order valence-corrected chi connectivity index (χ2v) is 4.13. The van der Waals surface area contributed by atoms with Gasteiger partial charge in [0.25, 0.3) is 0 Å². The van der Waals surface area contributed by atoms with Gasteiger partial charge in [-0.3, -0.25) is 14.7 Å². The Hall–Kier alpha value is -1.42. The molecule has 1 atom stereocenters. The Balaban J connectivity index is 2.61. The summed E-state index contributed by atoms with van der Waals surface area (Å²) in [7, 11) is 5.46. The predicted molar refractivity (Wildman–Crippen MR) is 64.0 cm³/mol. The summed E-state index contributed by atoms with van der Waals surface area (Å²) in [5, 5.41) is 0. The second kappa shape index (κ2) is 5.61. The fraction of sp³-hybridized carbons (Fsp3) is 0.500. The fourth-order valence-electron chi connectivity index (χ4n) is 1.34. The molecule has 0 bridgehead atoms. The van der Waals surface area contributed by atoms with Crippen molar-refractivity contribution in [3.8, 4) is 0 Å². The molecule has 16 heavy (non-hydrogen) atoms. The van der Waals surface area contributed by atoms with E-state index in [1.165, 1.54) is 0 Å². The van der Waals surface area contributed by atoms with Crippen LogP contribution < -0.4 is 0 Å². The van der Waals surface area contributed by atoms with Crippen molar-refractivity contribution in [2.45, 2.75) is 13.0 Å². The van der Waals surface area contributed by atoms with E-state index in [9.17, 15) is 4.79 Å². The standard InChI is InChI=1S/C12H19N3O/c1-10(11-7-5-6-8-13-11)15(4)9-12(16)14(2)3/h5-8,10H,9H2,1-4H3/t10-/m1/s1. The van der Waals surface area contributed by atoms with Gasteiger partial charge in [-0.1, -0.05) is 6.07 Å². The van der Waals surface area contributed by atoms with E-state index in [1.807, 2.05) is 37.1 Å². The normalized spacial score (nSPS) is 12.6. The monoisotopic (exact) mass is 221 g/mol. The van der Waals surface area contributed by atoms with E-state index in [0.29, 0.717) is 6.54 Å². The van der Waals surface area contributed by atoms with Crippen molar-refractivity contribution >= 4 is 5.91 Å². The molecule has 1 amide bonds. The van der Waals surface area contributed by atoms with Gasteiger partial charge in [-0.15, -0.1) is 0 Å². The maximum atomic E-state index is 11.6. The average Bonchev–Trinajstić information content (AvgIpc) is 2.28. The van der Waals surface area contributed by atoms with Crippen LogP contribution in [0.2, 0.25) is 0 Å². The summed E-state index contributed by atoms with van der Waals surface area (Å²) in [6.45, 7) is 2.45. The Morgan fingerprint density at radius 2 is 2.06 bits per heavy atom. The molecule has 0 saturated heterocycles. The zero-order chi connectivity index (χ0) is 12.1. The van der Waals surface area contributed by atoms with Crippen LogP contribution >= 0.6 is 0 Å². The number of hydrogen-bond donors (Lipinski definition) is 0. The van der Waals surface area contributed by atoms with Crippen molar-refractivity contribution in [2.75, 3.05) is 27.7 Å². The summed E-state index contributed by atoms with van der Waals surface area (Å²) in [4.78, 5) is 19.4. The Bertz CT molecular complexity index is 337. The number of nitrogens with zero attached hydrogens (tertiary/aromatic N) is 3. The van der Waals surface area contributed by atoms with Crippen LogP contribution in [-0.4, -0.2) is 48.4 Å². The molecule has 0 aliphatic rings. The lowest BCUT2D eigenvalue weighted by Crippen LogP contribution is -2.35. The van der Waals surface area contributed by atoms with Gasteiger partial charge in [-0.25, -0.2) is 0 Å². The van der Waals surface area contributed by atoms with Gasteiger partial charge in [0, 0.05) is 26.3 Å². The minimum absolute atomic E-state index is 0.102.